The highest BCUT2D eigenvalue weighted by Crippen LogP contribution is 2.41. The van der Waals surface area contributed by atoms with Crippen molar-refractivity contribution < 1.29 is 29.4 Å². The summed E-state index contributed by atoms with van der Waals surface area (Å²) < 4.78 is 0. The van der Waals surface area contributed by atoms with Crippen molar-refractivity contribution in [3.05, 3.63) is 46.5 Å². The van der Waals surface area contributed by atoms with Crippen LogP contribution in [0.5, 0.6) is 0 Å². The number of hydrogen-bond acceptors (Lipinski definition) is 6. The summed E-state index contributed by atoms with van der Waals surface area (Å²) in [7, 11) is 0. The monoisotopic (exact) mass is 550 g/mol. The van der Waals surface area contributed by atoms with Gasteiger partial charge >= 0.3 is 0 Å². The lowest BCUT2D eigenvalue weighted by molar-refractivity contribution is 0.0349. The Bertz CT molecular complexity index is 1150. The number of nitrogens with zero attached hydrogens (tertiary/aromatic N) is 2. The van der Waals surface area contributed by atoms with Gasteiger partial charge in [0.15, 0.2) is 0 Å². The molecule has 2 aromatic carbocycles. The van der Waals surface area contributed by atoms with Crippen LogP contribution < -0.4 is 0 Å². The summed E-state index contributed by atoms with van der Waals surface area (Å²) in [5.41, 5.74) is -0.0355. The van der Waals surface area contributed by atoms with Crippen LogP contribution in [0.1, 0.15) is 120 Å². The van der Waals surface area contributed by atoms with E-state index in [1.165, 1.54) is 9.80 Å². The number of amides is 4. The Kier molecular flexibility index (Phi) is 8.80. The van der Waals surface area contributed by atoms with E-state index in [-0.39, 0.29) is 48.6 Å². The molecule has 216 valence electrons. The highest BCUT2D eigenvalue weighted by Gasteiger charge is 2.44. The molecule has 8 nitrogen and oxygen atoms in total. The summed E-state index contributed by atoms with van der Waals surface area (Å²) in [5, 5.41) is 21.3. The zero-order chi connectivity index (χ0) is 29.2. The van der Waals surface area contributed by atoms with Crippen molar-refractivity contribution in [3.63, 3.8) is 0 Å². The van der Waals surface area contributed by atoms with Gasteiger partial charge in [0.05, 0.1) is 13.2 Å². The Labute approximate surface area is 236 Å². The zero-order valence-corrected chi connectivity index (χ0v) is 24.2. The first-order valence-electron chi connectivity index (χ1n) is 14.7. The smallest absolute Gasteiger partial charge is 0.261 e. The van der Waals surface area contributed by atoms with Crippen molar-refractivity contribution in [2.75, 3.05) is 26.3 Å². The van der Waals surface area contributed by atoms with Gasteiger partial charge in [-0.05, 0) is 49.9 Å². The summed E-state index contributed by atoms with van der Waals surface area (Å²) in [6, 6.07) is 6.32. The lowest BCUT2D eigenvalue weighted by Crippen LogP contribution is -2.50. The number of rotatable bonds is 14. The molecule has 0 aliphatic carbocycles. The fraction of sp³-hybridized carbons (Fsp3) is 0.562. The first-order chi connectivity index (χ1) is 19.2. The third kappa shape index (κ3) is 4.85. The molecule has 0 unspecified atom stereocenters. The molecular weight excluding hydrogens is 508 g/mol. The summed E-state index contributed by atoms with van der Waals surface area (Å²) in [6.45, 7) is 8.03. The Balaban J connectivity index is 1.79. The molecule has 2 N–H and O–H groups in total. The predicted octanol–water partition coefficient (Wildman–Crippen LogP) is 5.19. The Morgan fingerprint density at radius 1 is 0.525 bits per heavy atom. The lowest BCUT2D eigenvalue weighted by Gasteiger charge is -2.39. The highest BCUT2D eigenvalue weighted by molar-refractivity contribution is 6.33. The molecular formula is C32H42N2O6. The van der Waals surface area contributed by atoms with Gasteiger partial charge in [-0.1, -0.05) is 53.4 Å². The van der Waals surface area contributed by atoms with Gasteiger partial charge in [0.2, 0.25) is 0 Å². The second-order valence-electron chi connectivity index (χ2n) is 11.8. The number of benzene rings is 2. The van der Waals surface area contributed by atoms with Crippen LogP contribution in [-0.2, 0) is 0 Å². The first kappa shape index (κ1) is 29.9. The van der Waals surface area contributed by atoms with Crippen LogP contribution in [0.4, 0.5) is 0 Å². The summed E-state index contributed by atoms with van der Waals surface area (Å²) in [5.74, 6) is -1.89. The van der Waals surface area contributed by atoms with Gasteiger partial charge in [-0.15, -0.1) is 0 Å². The van der Waals surface area contributed by atoms with E-state index in [2.05, 4.69) is 0 Å². The van der Waals surface area contributed by atoms with Crippen molar-refractivity contribution in [2.24, 2.45) is 10.8 Å². The van der Waals surface area contributed by atoms with Crippen LogP contribution in [0.15, 0.2) is 24.3 Å². The molecule has 0 saturated carbocycles. The molecule has 40 heavy (non-hydrogen) atoms. The first-order valence-corrected chi connectivity index (χ1v) is 14.7. The third-order valence-corrected chi connectivity index (χ3v) is 8.84. The van der Waals surface area contributed by atoms with Crippen LogP contribution >= 0.6 is 0 Å². The number of aliphatic hydroxyl groups excluding tert-OH is 2. The third-order valence-electron chi connectivity index (χ3n) is 8.84. The molecule has 0 atom stereocenters. The van der Waals surface area contributed by atoms with E-state index in [9.17, 15) is 29.4 Å². The maximum atomic E-state index is 13.8. The molecule has 0 saturated heterocycles. The summed E-state index contributed by atoms with van der Waals surface area (Å²) >= 11 is 0. The van der Waals surface area contributed by atoms with Gasteiger partial charge in [0.1, 0.15) is 0 Å². The molecule has 0 fully saturated rings. The van der Waals surface area contributed by atoms with Crippen LogP contribution in [0.3, 0.4) is 0 Å². The molecule has 2 aliphatic rings. The van der Waals surface area contributed by atoms with Gasteiger partial charge in [-0.2, -0.15) is 0 Å². The van der Waals surface area contributed by atoms with E-state index in [4.69, 9.17) is 0 Å². The van der Waals surface area contributed by atoms with Crippen molar-refractivity contribution in [3.8, 4) is 0 Å². The molecule has 0 radical (unpaired) electrons. The normalized spacial score (nSPS) is 15.6. The van der Waals surface area contributed by atoms with E-state index in [1.807, 2.05) is 27.7 Å². The van der Waals surface area contributed by atoms with Crippen LogP contribution in [0.25, 0.3) is 10.8 Å². The van der Waals surface area contributed by atoms with E-state index in [0.29, 0.717) is 36.5 Å². The Hall–Kier alpha value is -3.10. The quantitative estimate of drug-likeness (QED) is 0.313. The predicted molar refractivity (Wildman–Crippen MR) is 153 cm³/mol. The molecule has 0 aromatic heterocycles. The molecule has 2 aromatic rings. The molecule has 0 bridgehead atoms. The van der Waals surface area contributed by atoms with Crippen molar-refractivity contribution in [1.29, 1.82) is 0 Å². The van der Waals surface area contributed by atoms with E-state index < -0.39 is 34.5 Å². The lowest BCUT2D eigenvalue weighted by atomic mass is 9.77. The number of hydrogen-bond donors (Lipinski definition) is 2. The van der Waals surface area contributed by atoms with Crippen molar-refractivity contribution in [1.82, 2.24) is 9.80 Å². The molecule has 4 rings (SSSR count). The van der Waals surface area contributed by atoms with Crippen molar-refractivity contribution in [2.45, 2.75) is 79.1 Å². The van der Waals surface area contributed by atoms with Gasteiger partial charge in [0.25, 0.3) is 23.6 Å². The van der Waals surface area contributed by atoms with Crippen LogP contribution in [-0.4, -0.2) is 69.9 Å². The minimum atomic E-state index is -0.584. The molecule has 0 spiro atoms. The SMILES string of the molecule is CCCC(CO)(CCC)CN1C(=O)c2ccc3c4c(ccc(c24)C1=O)C(=O)N(CC(CO)(CCC)CCC)C3=O. The van der Waals surface area contributed by atoms with Crippen LogP contribution in [0.2, 0.25) is 0 Å². The van der Waals surface area contributed by atoms with Gasteiger partial charge in [-0.3, -0.25) is 29.0 Å². The fourth-order valence-electron chi connectivity index (χ4n) is 7.04. The second-order valence-corrected chi connectivity index (χ2v) is 11.8. The summed E-state index contributed by atoms with van der Waals surface area (Å²) in [6.07, 6.45) is 5.96. The number of carbonyl (C=O) groups is 4. The highest BCUT2D eigenvalue weighted by atomic mass is 16.3. The standard InChI is InChI=1S/C32H42N2O6/c1-5-13-31(19-35,14-6-2)17-33-27(37)21-9-11-23-26-24(12-10-22(25(21)26)28(33)38)30(40)34(29(23)39)18-32(20-36,15-7-3)16-8-4/h9-12,35-36H,5-8,13-20H2,1-4H3. The maximum absolute atomic E-state index is 13.8. The molecule has 4 amide bonds. The van der Waals surface area contributed by atoms with E-state index in [0.717, 1.165) is 25.7 Å². The van der Waals surface area contributed by atoms with Crippen LogP contribution in [0, 0.1) is 10.8 Å². The van der Waals surface area contributed by atoms with Gasteiger partial charge in [-0.25, -0.2) is 0 Å². The maximum Gasteiger partial charge on any atom is 0.261 e. The van der Waals surface area contributed by atoms with Crippen molar-refractivity contribution >= 4 is 34.4 Å². The Morgan fingerprint density at radius 2 is 0.775 bits per heavy atom. The summed E-state index contributed by atoms with van der Waals surface area (Å²) in [4.78, 5) is 57.5. The average Bonchev–Trinajstić information content (AvgIpc) is 2.95. The number of carbonyl (C=O) groups excluding carboxylic acids is 4. The Morgan fingerprint density at radius 3 is 0.975 bits per heavy atom. The second kappa shape index (κ2) is 11.8. The number of aliphatic hydroxyl groups is 2. The largest absolute Gasteiger partial charge is 0.396 e. The fourth-order valence-corrected chi connectivity index (χ4v) is 7.04. The average molecular weight is 551 g/mol. The zero-order valence-electron chi connectivity index (χ0n) is 24.2. The topological polar surface area (TPSA) is 115 Å². The molecule has 2 heterocycles. The van der Waals surface area contributed by atoms with Gasteiger partial charge in [0, 0.05) is 56.9 Å². The minimum absolute atomic E-state index is 0.108. The van der Waals surface area contributed by atoms with Gasteiger partial charge < -0.3 is 10.2 Å². The minimum Gasteiger partial charge on any atom is -0.396 e. The van der Waals surface area contributed by atoms with E-state index in [1.54, 1.807) is 24.3 Å². The number of imide groups is 2. The van der Waals surface area contributed by atoms with E-state index >= 15 is 0 Å². The molecule has 2 aliphatic heterocycles. The molecule has 8 heteroatoms.